The number of H-pyrrole nitrogens is 2. The van der Waals surface area contributed by atoms with Crippen molar-refractivity contribution in [2.24, 2.45) is 0 Å². The molecule has 20 heavy (non-hydrogen) atoms. The van der Waals surface area contributed by atoms with E-state index in [1.807, 2.05) is 6.92 Å². The van der Waals surface area contributed by atoms with Gasteiger partial charge in [0.2, 0.25) is 0 Å². The topological polar surface area (TPSA) is 92.8 Å². The van der Waals surface area contributed by atoms with E-state index in [4.69, 9.17) is 4.74 Å². The number of aromatic nitrogens is 4. The molecule has 1 aliphatic rings. The molecular formula is C13H18N4O3. The Morgan fingerprint density at radius 1 is 1.40 bits per heavy atom. The van der Waals surface area contributed by atoms with Crippen LogP contribution in [0.25, 0.3) is 11.2 Å². The zero-order chi connectivity index (χ0) is 14.1. The molecule has 1 aliphatic heterocycles. The summed E-state index contributed by atoms with van der Waals surface area (Å²) in [7, 11) is 0. The summed E-state index contributed by atoms with van der Waals surface area (Å²) >= 11 is 0. The second kappa shape index (κ2) is 5.24. The molecule has 2 aromatic rings. The summed E-state index contributed by atoms with van der Waals surface area (Å²) in [6.45, 7) is 3.15. The summed E-state index contributed by atoms with van der Waals surface area (Å²) in [6.07, 6.45) is 4.08. The zero-order valence-corrected chi connectivity index (χ0v) is 11.4. The van der Waals surface area contributed by atoms with Crippen LogP contribution < -0.4 is 11.2 Å². The van der Waals surface area contributed by atoms with Gasteiger partial charge < -0.3 is 9.72 Å². The average Bonchev–Trinajstić information content (AvgIpc) is 3.06. The van der Waals surface area contributed by atoms with Crippen molar-refractivity contribution in [2.75, 3.05) is 6.61 Å². The number of hydrogen-bond acceptors (Lipinski definition) is 4. The molecule has 108 valence electrons. The van der Waals surface area contributed by atoms with Crippen molar-refractivity contribution in [3.8, 4) is 0 Å². The maximum Gasteiger partial charge on any atom is 0.330 e. The number of hydrogen-bond donors (Lipinski definition) is 2. The predicted molar refractivity (Wildman–Crippen MR) is 73.9 cm³/mol. The second-order valence-electron chi connectivity index (χ2n) is 5.06. The maximum absolute atomic E-state index is 11.8. The minimum absolute atomic E-state index is 0.287. The number of aryl methyl sites for hydroxylation is 2. The number of nitrogens with zero attached hydrogens (tertiary/aromatic N) is 2. The second-order valence-corrected chi connectivity index (χ2v) is 5.06. The van der Waals surface area contributed by atoms with Crippen LogP contribution >= 0.6 is 0 Å². The minimum Gasteiger partial charge on any atom is -0.378 e. The van der Waals surface area contributed by atoms with Gasteiger partial charge in [0.15, 0.2) is 5.65 Å². The smallest absolute Gasteiger partial charge is 0.330 e. The molecule has 2 N–H and O–H groups in total. The van der Waals surface area contributed by atoms with Crippen LogP contribution in [0.5, 0.6) is 0 Å². The Morgan fingerprint density at radius 3 is 2.95 bits per heavy atom. The molecule has 0 spiro atoms. The van der Waals surface area contributed by atoms with E-state index in [0.29, 0.717) is 17.7 Å². The van der Waals surface area contributed by atoms with Gasteiger partial charge in [0, 0.05) is 19.6 Å². The zero-order valence-electron chi connectivity index (χ0n) is 11.4. The van der Waals surface area contributed by atoms with Crippen molar-refractivity contribution >= 4 is 11.2 Å². The van der Waals surface area contributed by atoms with E-state index in [0.717, 1.165) is 38.1 Å². The molecule has 0 bridgehead atoms. The molecule has 0 radical (unpaired) electrons. The third-order valence-corrected chi connectivity index (χ3v) is 3.73. The first kappa shape index (κ1) is 13.1. The molecule has 1 saturated heterocycles. The highest BCUT2D eigenvalue weighted by Crippen LogP contribution is 2.17. The summed E-state index contributed by atoms with van der Waals surface area (Å²) in [4.78, 5) is 33.2. The van der Waals surface area contributed by atoms with Crippen molar-refractivity contribution in [1.82, 2.24) is 19.5 Å². The highest BCUT2D eigenvalue weighted by molar-refractivity contribution is 5.69. The van der Waals surface area contributed by atoms with E-state index < -0.39 is 11.2 Å². The average molecular weight is 278 g/mol. The fourth-order valence-corrected chi connectivity index (χ4v) is 2.67. The molecule has 0 aliphatic carbocycles. The van der Waals surface area contributed by atoms with Gasteiger partial charge in [-0.25, -0.2) is 9.78 Å². The molecular weight excluding hydrogens is 260 g/mol. The van der Waals surface area contributed by atoms with Gasteiger partial charge in [0.25, 0.3) is 5.56 Å². The SMILES string of the molecule is CCn1c(=O)[nH]c(=O)c2[nH]c(CCC3CCCO3)nc21. The Bertz CT molecular complexity index is 721. The van der Waals surface area contributed by atoms with Gasteiger partial charge in [-0.1, -0.05) is 0 Å². The number of imidazole rings is 1. The third-order valence-electron chi connectivity index (χ3n) is 3.73. The van der Waals surface area contributed by atoms with E-state index >= 15 is 0 Å². The van der Waals surface area contributed by atoms with Crippen molar-refractivity contribution in [2.45, 2.75) is 45.3 Å². The van der Waals surface area contributed by atoms with Crippen LogP contribution in [0.2, 0.25) is 0 Å². The highest BCUT2D eigenvalue weighted by atomic mass is 16.5. The standard InChI is InChI=1S/C13H18N4O3/c1-2-17-11-10(12(18)16-13(17)19)14-9(15-11)6-5-8-4-3-7-20-8/h8H,2-7H2,1H3,(H,14,15)(H,16,18,19). The van der Waals surface area contributed by atoms with Gasteiger partial charge in [0.1, 0.15) is 11.3 Å². The fourth-order valence-electron chi connectivity index (χ4n) is 2.67. The van der Waals surface area contributed by atoms with Crippen LogP contribution in [0.15, 0.2) is 9.59 Å². The number of aromatic amines is 2. The molecule has 1 atom stereocenters. The molecule has 0 aromatic carbocycles. The number of nitrogens with one attached hydrogen (secondary N) is 2. The Morgan fingerprint density at radius 2 is 2.25 bits per heavy atom. The van der Waals surface area contributed by atoms with Crippen molar-refractivity contribution < 1.29 is 4.74 Å². The molecule has 0 saturated carbocycles. The molecule has 1 fully saturated rings. The largest absolute Gasteiger partial charge is 0.378 e. The lowest BCUT2D eigenvalue weighted by atomic mass is 10.1. The van der Waals surface area contributed by atoms with Gasteiger partial charge >= 0.3 is 5.69 Å². The number of ether oxygens (including phenoxy) is 1. The molecule has 2 aromatic heterocycles. The van der Waals surface area contributed by atoms with Gasteiger partial charge in [-0.3, -0.25) is 14.3 Å². The molecule has 3 heterocycles. The normalized spacial score (nSPS) is 18.9. The van der Waals surface area contributed by atoms with Crippen LogP contribution in [-0.2, 0) is 17.7 Å². The summed E-state index contributed by atoms with van der Waals surface area (Å²) in [6, 6.07) is 0. The monoisotopic (exact) mass is 278 g/mol. The number of rotatable bonds is 4. The lowest BCUT2D eigenvalue weighted by Crippen LogP contribution is -2.29. The Kier molecular flexibility index (Phi) is 3.43. The first-order chi connectivity index (χ1) is 9.69. The first-order valence-electron chi connectivity index (χ1n) is 7.02. The van der Waals surface area contributed by atoms with Crippen LogP contribution in [-0.4, -0.2) is 32.2 Å². The summed E-state index contributed by atoms with van der Waals surface area (Å²) in [5.74, 6) is 0.730. The van der Waals surface area contributed by atoms with Crippen molar-refractivity contribution in [3.05, 3.63) is 26.7 Å². The van der Waals surface area contributed by atoms with E-state index in [1.165, 1.54) is 4.57 Å². The summed E-state index contributed by atoms with van der Waals surface area (Å²) in [5, 5.41) is 0. The highest BCUT2D eigenvalue weighted by Gasteiger charge is 2.17. The lowest BCUT2D eigenvalue weighted by molar-refractivity contribution is 0.104. The van der Waals surface area contributed by atoms with Crippen LogP contribution in [0.4, 0.5) is 0 Å². The predicted octanol–water partition coefficient (Wildman–Crippen LogP) is 0.544. The van der Waals surface area contributed by atoms with Gasteiger partial charge in [0.05, 0.1) is 6.10 Å². The molecule has 1 unspecified atom stereocenters. The molecule has 3 rings (SSSR count). The van der Waals surface area contributed by atoms with Crippen molar-refractivity contribution in [3.63, 3.8) is 0 Å². The van der Waals surface area contributed by atoms with Gasteiger partial charge in [-0.2, -0.15) is 0 Å². The van der Waals surface area contributed by atoms with Gasteiger partial charge in [-0.15, -0.1) is 0 Å². The van der Waals surface area contributed by atoms with Crippen LogP contribution in [0, 0.1) is 0 Å². The van der Waals surface area contributed by atoms with E-state index in [9.17, 15) is 9.59 Å². The molecule has 7 heteroatoms. The maximum atomic E-state index is 11.8. The van der Waals surface area contributed by atoms with Gasteiger partial charge in [-0.05, 0) is 26.2 Å². The number of fused-ring (bicyclic) bond motifs is 1. The van der Waals surface area contributed by atoms with E-state index in [-0.39, 0.29) is 6.10 Å². The summed E-state index contributed by atoms with van der Waals surface area (Å²) in [5.41, 5.74) is -0.0230. The lowest BCUT2D eigenvalue weighted by Gasteiger charge is -2.06. The van der Waals surface area contributed by atoms with Crippen molar-refractivity contribution in [1.29, 1.82) is 0 Å². The summed E-state index contributed by atoms with van der Waals surface area (Å²) < 4.78 is 7.03. The molecule has 7 nitrogen and oxygen atoms in total. The quantitative estimate of drug-likeness (QED) is 0.854. The fraction of sp³-hybridized carbons (Fsp3) is 0.615. The first-order valence-corrected chi connectivity index (χ1v) is 7.02. The Labute approximate surface area is 115 Å². The molecule has 0 amide bonds. The third kappa shape index (κ3) is 2.29. The van der Waals surface area contributed by atoms with Crippen LogP contribution in [0.3, 0.4) is 0 Å². The Balaban J connectivity index is 1.91. The van der Waals surface area contributed by atoms with E-state index in [1.54, 1.807) is 0 Å². The Hall–Kier alpha value is -1.89. The van der Waals surface area contributed by atoms with Crippen LogP contribution in [0.1, 0.15) is 32.0 Å². The van der Waals surface area contributed by atoms with E-state index in [2.05, 4.69) is 15.0 Å². The minimum atomic E-state index is -0.415.